The van der Waals surface area contributed by atoms with Crippen molar-refractivity contribution in [2.24, 2.45) is 0 Å². The SMILES string of the molecule is CCOC(=O)[C-](F)F.[Na+]. The molecule has 0 unspecified atom stereocenters. The van der Waals surface area contributed by atoms with Crippen molar-refractivity contribution in [1.29, 1.82) is 0 Å². The van der Waals surface area contributed by atoms with Crippen LogP contribution in [0.1, 0.15) is 6.92 Å². The minimum atomic E-state index is -2.30. The van der Waals surface area contributed by atoms with E-state index in [2.05, 4.69) is 4.74 Å². The number of esters is 1. The quantitative estimate of drug-likeness (QED) is 0.255. The van der Waals surface area contributed by atoms with Gasteiger partial charge in [-0.25, -0.2) is 0 Å². The second-order valence-electron chi connectivity index (χ2n) is 0.981. The first-order chi connectivity index (χ1) is 3.68. The molecule has 0 aromatic rings. The van der Waals surface area contributed by atoms with Crippen LogP contribution in [0.2, 0.25) is 0 Å². The van der Waals surface area contributed by atoms with E-state index in [1.807, 2.05) is 0 Å². The van der Waals surface area contributed by atoms with Crippen molar-refractivity contribution in [2.45, 2.75) is 6.92 Å². The van der Waals surface area contributed by atoms with Crippen molar-refractivity contribution >= 4 is 5.97 Å². The molecular formula is C4H5F2NaO2. The Morgan fingerprint density at radius 2 is 2.11 bits per heavy atom. The van der Waals surface area contributed by atoms with Crippen molar-refractivity contribution in [1.82, 2.24) is 0 Å². The summed E-state index contributed by atoms with van der Waals surface area (Å²) in [6.07, 6.45) is -2.30. The fourth-order valence-corrected chi connectivity index (χ4v) is 0.186. The molecule has 0 N–H and O–H groups in total. The molecule has 0 aliphatic heterocycles. The second-order valence-corrected chi connectivity index (χ2v) is 0.981. The van der Waals surface area contributed by atoms with Gasteiger partial charge in [0.2, 0.25) is 5.97 Å². The summed E-state index contributed by atoms with van der Waals surface area (Å²) < 4.78 is 26.0. The molecule has 0 saturated carbocycles. The molecule has 0 aromatic heterocycles. The zero-order valence-electron chi connectivity index (χ0n) is 5.28. The smallest absolute Gasteiger partial charge is 0.484 e. The van der Waals surface area contributed by atoms with E-state index >= 15 is 0 Å². The average Bonchev–Trinajstić information content (AvgIpc) is 1.67. The Kier molecular flexibility index (Phi) is 8.38. The van der Waals surface area contributed by atoms with Crippen molar-refractivity contribution < 1.29 is 47.9 Å². The van der Waals surface area contributed by atoms with Crippen molar-refractivity contribution in [3.05, 3.63) is 6.43 Å². The zero-order chi connectivity index (χ0) is 6.57. The first-order valence-electron chi connectivity index (χ1n) is 2.03. The van der Waals surface area contributed by atoms with Crippen LogP contribution in [0.15, 0.2) is 0 Å². The molecule has 0 heterocycles. The molecule has 0 spiro atoms. The summed E-state index contributed by atoms with van der Waals surface area (Å²) in [6, 6.07) is 0. The number of ether oxygens (including phenoxy) is 1. The molecule has 0 aromatic carbocycles. The molecule has 0 radical (unpaired) electrons. The van der Waals surface area contributed by atoms with Gasteiger partial charge in [0.15, 0.2) is 0 Å². The van der Waals surface area contributed by atoms with Crippen molar-refractivity contribution in [2.75, 3.05) is 6.61 Å². The van der Waals surface area contributed by atoms with Crippen LogP contribution in [0.25, 0.3) is 0 Å². The first-order valence-corrected chi connectivity index (χ1v) is 2.03. The number of carbonyl (C=O) groups is 1. The molecule has 0 bridgehead atoms. The summed E-state index contributed by atoms with van der Waals surface area (Å²) in [6.45, 7) is 1.44. The van der Waals surface area contributed by atoms with E-state index < -0.39 is 12.4 Å². The second kappa shape index (κ2) is 6.32. The fourth-order valence-electron chi connectivity index (χ4n) is 0.186. The van der Waals surface area contributed by atoms with Crippen LogP contribution in [0.5, 0.6) is 0 Å². The van der Waals surface area contributed by atoms with E-state index in [4.69, 9.17) is 0 Å². The Labute approximate surface area is 73.9 Å². The van der Waals surface area contributed by atoms with Gasteiger partial charge < -0.3 is 13.5 Å². The van der Waals surface area contributed by atoms with E-state index in [0.717, 1.165) is 0 Å². The minimum absolute atomic E-state index is 0. The molecule has 2 nitrogen and oxygen atoms in total. The fraction of sp³-hybridized carbons (Fsp3) is 0.500. The molecule has 9 heavy (non-hydrogen) atoms. The zero-order valence-corrected chi connectivity index (χ0v) is 7.28. The van der Waals surface area contributed by atoms with E-state index in [1.165, 1.54) is 6.92 Å². The van der Waals surface area contributed by atoms with Gasteiger partial charge in [0, 0.05) is 6.43 Å². The molecule has 5 heteroatoms. The summed E-state index contributed by atoms with van der Waals surface area (Å²) in [4.78, 5) is 9.73. The molecule has 0 fully saturated rings. The van der Waals surface area contributed by atoms with Gasteiger partial charge in [-0.15, -0.1) is 0 Å². The van der Waals surface area contributed by atoms with Crippen molar-refractivity contribution in [3.8, 4) is 0 Å². The number of hydrogen-bond acceptors (Lipinski definition) is 2. The third-order valence-electron chi connectivity index (χ3n) is 0.430. The molecule has 0 aliphatic rings. The van der Waals surface area contributed by atoms with Gasteiger partial charge in [-0.05, 0) is 6.92 Å². The summed E-state index contributed by atoms with van der Waals surface area (Å²) in [7, 11) is 0. The third kappa shape index (κ3) is 6.08. The summed E-state index contributed by atoms with van der Waals surface area (Å²) in [5.41, 5.74) is 0. The van der Waals surface area contributed by atoms with Gasteiger partial charge in [0.1, 0.15) is 0 Å². The Morgan fingerprint density at radius 3 is 2.22 bits per heavy atom. The summed E-state index contributed by atoms with van der Waals surface area (Å²) in [5.74, 6) is -1.53. The normalized spacial score (nSPS) is 7.44. The summed E-state index contributed by atoms with van der Waals surface area (Å²) >= 11 is 0. The van der Waals surface area contributed by atoms with Crippen LogP contribution in [-0.2, 0) is 9.53 Å². The van der Waals surface area contributed by atoms with Gasteiger partial charge in [0.25, 0.3) is 0 Å². The number of hydrogen-bond donors (Lipinski definition) is 0. The molecule has 0 amide bonds. The van der Waals surface area contributed by atoms with Gasteiger partial charge in [0.05, 0.1) is 6.61 Å². The van der Waals surface area contributed by atoms with Crippen LogP contribution in [0, 0.1) is 6.43 Å². The molecule has 0 saturated heterocycles. The van der Waals surface area contributed by atoms with Gasteiger partial charge in [-0.1, -0.05) is 0 Å². The maximum Gasteiger partial charge on any atom is 1.00 e. The van der Waals surface area contributed by atoms with Crippen LogP contribution in [0.3, 0.4) is 0 Å². The Bertz CT molecular complexity index is 86.6. The van der Waals surface area contributed by atoms with Gasteiger partial charge in [-0.3, -0.25) is 4.79 Å². The molecule has 0 atom stereocenters. The predicted molar refractivity (Wildman–Crippen MR) is 22.1 cm³/mol. The number of halogens is 2. The van der Waals surface area contributed by atoms with Crippen molar-refractivity contribution in [3.63, 3.8) is 0 Å². The molecule has 0 aliphatic carbocycles. The van der Waals surface area contributed by atoms with E-state index in [9.17, 15) is 13.6 Å². The molecule has 48 valence electrons. The minimum Gasteiger partial charge on any atom is -0.484 e. The Balaban J connectivity index is 0. The standard InChI is InChI=1S/C4H5F2O2.Na/c1-2-8-4(7)3(5)6;/h2H2,1H3;/q-1;+1. The third-order valence-corrected chi connectivity index (χ3v) is 0.430. The predicted octanol–water partition coefficient (Wildman–Crippen LogP) is -2.02. The molecule has 0 rings (SSSR count). The number of carbonyl (C=O) groups excluding carboxylic acids is 1. The molecular weight excluding hydrogens is 141 g/mol. The average molecular weight is 146 g/mol. The largest absolute Gasteiger partial charge is 1.00 e. The first kappa shape index (κ1) is 11.9. The van der Waals surface area contributed by atoms with Gasteiger partial charge in [-0.2, -0.15) is 0 Å². The van der Waals surface area contributed by atoms with Crippen LogP contribution < -0.4 is 29.6 Å². The van der Waals surface area contributed by atoms with E-state index in [0.29, 0.717) is 0 Å². The van der Waals surface area contributed by atoms with Crippen LogP contribution in [-0.4, -0.2) is 12.6 Å². The Morgan fingerprint density at radius 1 is 1.67 bits per heavy atom. The topological polar surface area (TPSA) is 26.3 Å². The van der Waals surface area contributed by atoms with E-state index in [-0.39, 0.29) is 36.2 Å². The monoisotopic (exact) mass is 146 g/mol. The maximum absolute atomic E-state index is 11.1. The number of rotatable bonds is 2. The summed E-state index contributed by atoms with van der Waals surface area (Å²) in [5, 5.41) is 0. The van der Waals surface area contributed by atoms with E-state index in [1.54, 1.807) is 0 Å². The van der Waals surface area contributed by atoms with Crippen LogP contribution >= 0.6 is 0 Å². The maximum atomic E-state index is 11.1. The Hall–Kier alpha value is 0.200. The van der Waals surface area contributed by atoms with Gasteiger partial charge >= 0.3 is 29.6 Å². The van der Waals surface area contributed by atoms with Crippen LogP contribution in [0.4, 0.5) is 8.78 Å².